The average molecular weight is 742 g/mol. The molecule has 0 saturated carbocycles. The molecule has 3 aromatic heterocycles. The minimum atomic E-state index is 0.560. The predicted molar refractivity (Wildman–Crippen MR) is 237 cm³/mol. The number of hydrogen-bond acceptors (Lipinski definition) is 5. The maximum atomic E-state index is 6.84. The highest BCUT2D eigenvalue weighted by Crippen LogP contribution is 2.43. The van der Waals surface area contributed by atoms with Gasteiger partial charge in [0.15, 0.2) is 17.5 Å². The van der Waals surface area contributed by atoms with Crippen LogP contribution in [0.15, 0.2) is 197 Å². The van der Waals surface area contributed by atoms with Crippen LogP contribution in [0.1, 0.15) is 0 Å². The molecule has 0 atom stereocenters. The van der Waals surface area contributed by atoms with Crippen LogP contribution < -0.4 is 0 Å². The number of benzene rings is 9. The highest BCUT2D eigenvalue weighted by atomic mass is 16.3. The Morgan fingerprint density at radius 1 is 0.293 bits per heavy atom. The summed E-state index contributed by atoms with van der Waals surface area (Å²) in [6, 6.07) is 65.1. The summed E-state index contributed by atoms with van der Waals surface area (Å²) >= 11 is 0. The minimum absolute atomic E-state index is 0.560. The number of fused-ring (bicyclic) bond motifs is 8. The van der Waals surface area contributed by atoms with Gasteiger partial charge in [-0.1, -0.05) is 140 Å². The first-order valence-corrected chi connectivity index (χ1v) is 19.4. The maximum absolute atomic E-state index is 6.84. The van der Waals surface area contributed by atoms with E-state index >= 15 is 0 Å². The van der Waals surface area contributed by atoms with Crippen LogP contribution >= 0.6 is 0 Å². The molecule has 9 aromatic carbocycles. The van der Waals surface area contributed by atoms with E-state index in [1.807, 2.05) is 42.5 Å². The zero-order chi connectivity index (χ0) is 38.2. The Hall–Kier alpha value is -7.89. The van der Waals surface area contributed by atoms with Gasteiger partial charge in [-0.25, -0.2) is 15.0 Å². The van der Waals surface area contributed by atoms with Gasteiger partial charge in [-0.05, 0) is 86.8 Å². The van der Waals surface area contributed by atoms with E-state index in [-0.39, 0.29) is 0 Å². The summed E-state index contributed by atoms with van der Waals surface area (Å²) in [6.07, 6.45) is 0. The fraction of sp³-hybridized carbons (Fsp3) is 0. The number of para-hydroxylation sites is 1. The zero-order valence-corrected chi connectivity index (χ0v) is 31.1. The van der Waals surface area contributed by atoms with E-state index in [1.54, 1.807) is 0 Å². The smallest absolute Gasteiger partial charge is 0.164 e. The van der Waals surface area contributed by atoms with E-state index in [0.717, 1.165) is 93.2 Å². The van der Waals surface area contributed by atoms with Gasteiger partial charge in [-0.3, -0.25) is 0 Å². The molecule has 0 fully saturated rings. The van der Waals surface area contributed by atoms with Gasteiger partial charge in [0.1, 0.15) is 22.3 Å². The lowest BCUT2D eigenvalue weighted by atomic mass is 9.97. The van der Waals surface area contributed by atoms with E-state index in [0.29, 0.717) is 17.5 Å². The summed E-state index contributed by atoms with van der Waals surface area (Å²) in [5.74, 6) is 1.71. The second-order valence-electron chi connectivity index (χ2n) is 14.8. The van der Waals surface area contributed by atoms with Gasteiger partial charge < -0.3 is 8.83 Å². The number of rotatable bonds is 5. The molecule has 0 N–H and O–H groups in total. The van der Waals surface area contributed by atoms with Crippen LogP contribution in [0.4, 0.5) is 0 Å². The van der Waals surface area contributed by atoms with Crippen LogP contribution in [0.5, 0.6) is 0 Å². The van der Waals surface area contributed by atoms with E-state index in [1.165, 1.54) is 11.1 Å². The van der Waals surface area contributed by atoms with Crippen molar-refractivity contribution in [1.29, 1.82) is 0 Å². The molecular weight excluding hydrogens is 711 g/mol. The van der Waals surface area contributed by atoms with Gasteiger partial charge in [-0.2, -0.15) is 0 Å². The van der Waals surface area contributed by atoms with Crippen LogP contribution in [-0.2, 0) is 0 Å². The van der Waals surface area contributed by atoms with Crippen molar-refractivity contribution in [2.75, 3.05) is 0 Å². The van der Waals surface area contributed by atoms with Gasteiger partial charge >= 0.3 is 0 Å². The minimum Gasteiger partial charge on any atom is -0.456 e. The molecule has 0 radical (unpaired) electrons. The molecular formula is C53H31N3O2. The monoisotopic (exact) mass is 741 g/mol. The Labute approximate surface area is 332 Å². The van der Waals surface area contributed by atoms with E-state index in [9.17, 15) is 0 Å². The fourth-order valence-electron chi connectivity index (χ4n) is 8.50. The van der Waals surface area contributed by atoms with Crippen LogP contribution in [0.2, 0.25) is 0 Å². The maximum Gasteiger partial charge on any atom is 0.164 e. The largest absolute Gasteiger partial charge is 0.456 e. The number of hydrogen-bond donors (Lipinski definition) is 0. The Kier molecular flexibility index (Phi) is 7.16. The van der Waals surface area contributed by atoms with Crippen molar-refractivity contribution in [1.82, 2.24) is 15.0 Å². The molecule has 12 rings (SSSR count). The topological polar surface area (TPSA) is 65.0 Å². The average Bonchev–Trinajstić information content (AvgIpc) is 3.86. The van der Waals surface area contributed by atoms with Crippen molar-refractivity contribution < 1.29 is 8.83 Å². The van der Waals surface area contributed by atoms with Crippen LogP contribution in [0.3, 0.4) is 0 Å². The molecule has 270 valence electrons. The van der Waals surface area contributed by atoms with Crippen LogP contribution in [0.25, 0.3) is 122 Å². The number of aromatic nitrogens is 3. The molecule has 0 aliphatic heterocycles. The van der Waals surface area contributed by atoms with Crippen molar-refractivity contribution in [3.63, 3.8) is 0 Å². The van der Waals surface area contributed by atoms with Gasteiger partial charge in [0.25, 0.3) is 0 Å². The van der Waals surface area contributed by atoms with E-state index in [4.69, 9.17) is 23.8 Å². The first-order chi connectivity index (χ1) is 28.7. The van der Waals surface area contributed by atoms with E-state index < -0.39 is 0 Å². The molecule has 5 heteroatoms. The summed E-state index contributed by atoms with van der Waals surface area (Å²) in [7, 11) is 0. The van der Waals surface area contributed by atoms with Crippen molar-refractivity contribution in [2.24, 2.45) is 0 Å². The van der Waals surface area contributed by atoms with Gasteiger partial charge in [0.2, 0.25) is 0 Å². The van der Waals surface area contributed by atoms with Crippen LogP contribution in [-0.4, -0.2) is 15.0 Å². The third-order valence-corrected chi connectivity index (χ3v) is 11.3. The summed E-state index contributed by atoms with van der Waals surface area (Å²) in [5, 5.41) is 8.45. The lowest BCUT2D eigenvalue weighted by molar-refractivity contribution is 0.669. The molecule has 0 aliphatic carbocycles. The first-order valence-electron chi connectivity index (χ1n) is 19.4. The third-order valence-electron chi connectivity index (χ3n) is 11.3. The normalized spacial score (nSPS) is 11.8. The second kappa shape index (κ2) is 12.8. The van der Waals surface area contributed by atoms with Gasteiger partial charge in [-0.15, -0.1) is 0 Å². The molecule has 58 heavy (non-hydrogen) atoms. The second-order valence-corrected chi connectivity index (χ2v) is 14.8. The van der Waals surface area contributed by atoms with Gasteiger partial charge in [0.05, 0.1) is 0 Å². The molecule has 12 aromatic rings. The van der Waals surface area contributed by atoms with Gasteiger partial charge in [0, 0.05) is 43.8 Å². The standard InChI is InChI=1S/C53H31N3O2/c1-3-12-32(13-4-1)36-22-23-38-29-39(25-24-37(38)28-36)51-54-52(42-19-11-21-46-48(42)41-18-9-10-20-45(41)57-46)56-53(55-51)43-27-26-40(33-14-5-2-6-15-33)50-49(43)44-30-34-16-7-8-17-35(34)31-47(44)58-50/h1-31H. The molecule has 3 heterocycles. The third kappa shape index (κ3) is 5.21. The summed E-state index contributed by atoms with van der Waals surface area (Å²) in [6.45, 7) is 0. The Morgan fingerprint density at radius 3 is 1.67 bits per heavy atom. The summed E-state index contributed by atoms with van der Waals surface area (Å²) in [5.41, 5.74) is 10.3. The first kappa shape index (κ1) is 32.4. The molecule has 0 aliphatic rings. The van der Waals surface area contributed by atoms with Crippen molar-refractivity contribution in [3.8, 4) is 56.4 Å². The molecule has 0 saturated heterocycles. The summed E-state index contributed by atoms with van der Waals surface area (Å²) < 4.78 is 13.2. The lowest BCUT2D eigenvalue weighted by Crippen LogP contribution is -2.01. The SMILES string of the molecule is c1ccc(-c2ccc3cc(-c4nc(-c5cccc6oc7ccccc7c56)nc(-c5ccc(-c6ccccc6)c6oc7cc8ccccc8cc7c56)n4)ccc3c2)cc1. The van der Waals surface area contributed by atoms with Crippen LogP contribution in [0, 0.1) is 0 Å². The van der Waals surface area contributed by atoms with E-state index in [2.05, 4.69) is 146 Å². The molecule has 0 unspecified atom stereocenters. The molecule has 0 amide bonds. The quantitative estimate of drug-likeness (QED) is 0.176. The van der Waals surface area contributed by atoms with Crippen molar-refractivity contribution in [3.05, 3.63) is 188 Å². The Bertz CT molecular complexity index is 3570. The number of nitrogens with zero attached hydrogens (tertiary/aromatic N) is 3. The summed E-state index contributed by atoms with van der Waals surface area (Å²) in [4.78, 5) is 15.9. The number of furan rings is 2. The Morgan fingerprint density at radius 2 is 0.879 bits per heavy atom. The highest BCUT2D eigenvalue weighted by Gasteiger charge is 2.23. The fourth-order valence-corrected chi connectivity index (χ4v) is 8.50. The lowest BCUT2D eigenvalue weighted by Gasteiger charge is -2.12. The Balaban J connectivity index is 1.13. The molecule has 5 nitrogen and oxygen atoms in total. The highest BCUT2D eigenvalue weighted by molar-refractivity contribution is 6.18. The van der Waals surface area contributed by atoms with Crippen molar-refractivity contribution in [2.45, 2.75) is 0 Å². The predicted octanol–water partition coefficient (Wildman–Crippen LogP) is 14.3. The molecule has 0 spiro atoms. The zero-order valence-electron chi connectivity index (χ0n) is 31.1. The molecule has 0 bridgehead atoms. The van der Waals surface area contributed by atoms with Crippen molar-refractivity contribution >= 4 is 65.4 Å².